The number of hydrogen-bond donors (Lipinski definition) is 0. The zero-order valence-corrected chi connectivity index (χ0v) is 10.5. The van der Waals surface area contributed by atoms with Crippen LogP contribution in [0.2, 0.25) is 0 Å². The van der Waals surface area contributed by atoms with Crippen molar-refractivity contribution < 1.29 is 4.74 Å². The van der Waals surface area contributed by atoms with Gasteiger partial charge in [-0.1, -0.05) is 42.5 Å². The van der Waals surface area contributed by atoms with Crippen molar-refractivity contribution in [2.45, 2.75) is 12.0 Å². The topological polar surface area (TPSA) is 33.0 Å². The Morgan fingerprint density at radius 1 is 1.11 bits per heavy atom. The maximum absolute atomic E-state index is 8.76. The maximum Gasteiger partial charge on any atom is 0.145 e. The highest BCUT2D eigenvalue weighted by atomic mass is 35.5. The highest BCUT2D eigenvalue weighted by Gasteiger charge is 2.06. The minimum Gasteiger partial charge on any atom is -0.489 e. The number of ether oxygens (including phenoxy) is 1. The average molecular weight is 258 g/mol. The van der Waals surface area contributed by atoms with E-state index in [2.05, 4.69) is 0 Å². The van der Waals surface area contributed by atoms with Crippen LogP contribution in [0, 0.1) is 11.3 Å². The number of hydrogen-bond acceptors (Lipinski definition) is 2. The molecule has 0 fully saturated rings. The van der Waals surface area contributed by atoms with Crippen LogP contribution in [0.3, 0.4) is 0 Å². The molecular weight excluding hydrogens is 246 g/mol. The van der Waals surface area contributed by atoms with Crippen LogP contribution in [-0.4, -0.2) is 0 Å². The Morgan fingerprint density at radius 2 is 1.89 bits per heavy atom. The SMILES string of the molecule is N#CC(Cl)c1cccc(OCc2ccccc2)c1. The summed E-state index contributed by atoms with van der Waals surface area (Å²) in [5, 5.41) is 8.13. The number of rotatable bonds is 4. The second-order valence-corrected chi connectivity index (χ2v) is 4.27. The maximum atomic E-state index is 8.76. The zero-order chi connectivity index (χ0) is 12.8. The molecule has 2 aromatic carbocycles. The molecule has 90 valence electrons. The molecule has 3 heteroatoms. The fourth-order valence-electron chi connectivity index (χ4n) is 1.58. The highest BCUT2D eigenvalue weighted by Crippen LogP contribution is 2.23. The zero-order valence-electron chi connectivity index (χ0n) is 9.71. The molecule has 2 rings (SSSR count). The van der Waals surface area contributed by atoms with Crippen LogP contribution in [-0.2, 0) is 6.61 Å². The molecule has 0 aliphatic heterocycles. The largest absolute Gasteiger partial charge is 0.489 e. The number of alkyl halides is 1. The second kappa shape index (κ2) is 6.09. The van der Waals surface area contributed by atoms with Gasteiger partial charge in [0.1, 0.15) is 17.7 Å². The van der Waals surface area contributed by atoms with Crippen molar-refractivity contribution >= 4 is 11.6 Å². The van der Waals surface area contributed by atoms with E-state index < -0.39 is 5.38 Å². The van der Waals surface area contributed by atoms with E-state index in [1.54, 1.807) is 6.07 Å². The van der Waals surface area contributed by atoms with E-state index in [0.29, 0.717) is 6.61 Å². The van der Waals surface area contributed by atoms with E-state index in [1.807, 2.05) is 54.6 Å². The summed E-state index contributed by atoms with van der Waals surface area (Å²) in [4.78, 5) is 0. The summed E-state index contributed by atoms with van der Waals surface area (Å²) >= 11 is 5.86. The summed E-state index contributed by atoms with van der Waals surface area (Å²) in [6.07, 6.45) is 0. The van der Waals surface area contributed by atoms with Crippen molar-refractivity contribution in [1.29, 1.82) is 5.26 Å². The van der Waals surface area contributed by atoms with Crippen LogP contribution in [0.1, 0.15) is 16.5 Å². The van der Waals surface area contributed by atoms with Gasteiger partial charge in [0.15, 0.2) is 0 Å². The van der Waals surface area contributed by atoms with Crippen molar-refractivity contribution in [1.82, 2.24) is 0 Å². The molecule has 0 heterocycles. The van der Waals surface area contributed by atoms with Crippen LogP contribution < -0.4 is 4.74 Å². The Balaban J connectivity index is 2.04. The Kier molecular flexibility index (Phi) is 4.22. The van der Waals surface area contributed by atoms with Crippen LogP contribution in [0.25, 0.3) is 0 Å². The van der Waals surface area contributed by atoms with Crippen molar-refractivity contribution in [2.24, 2.45) is 0 Å². The van der Waals surface area contributed by atoms with Gasteiger partial charge in [0.2, 0.25) is 0 Å². The fourth-order valence-corrected chi connectivity index (χ4v) is 1.71. The number of nitriles is 1. The van der Waals surface area contributed by atoms with E-state index in [1.165, 1.54) is 0 Å². The van der Waals surface area contributed by atoms with E-state index in [0.717, 1.165) is 16.9 Å². The van der Waals surface area contributed by atoms with Crippen LogP contribution in [0.4, 0.5) is 0 Å². The molecule has 0 saturated heterocycles. The van der Waals surface area contributed by atoms with Crippen molar-refractivity contribution in [2.75, 3.05) is 0 Å². The van der Waals surface area contributed by atoms with E-state index >= 15 is 0 Å². The van der Waals surface area contributed by atoms with Crippen LogP contribution >= 0.6 is 11.6 Å². The number of benzene rings is 2. The van der Waals surface area contributed by atoms with E-state index in [-0.39, 0.29) is 0 Å². The molecular formula is C15H12ClNO. The van der Waals surface area contributed by atoms with Crippen molar-refractivity contribution in [3.63, 3.8) is 0 Å². The summed E-state index contributed by atoms with van der Waals surface area (Å²) in [5.74, 6) is 0.720. The van der Waals surface area contributed by atoms with Gasteiger partial charge < -0.3 is 4.74 Å². The van der Waals surface area contributed by atoms with Gasteiger partial charge in [0.05, 0.1) is 6.07 Å². The molecule has 1 unspecified atom stereocenters. The minimum atomic E-state index is -0.634. The monoisotopic (exact) mass is 257 g/mol. The molecule has 0 aromatic heterocycles. The third-order valence-electron chi connectivity index (χ3n) is 2.51. The summed E-state index contributed by atoms with van der Waals surface area (Å²) in [5.41, 5.74) is 1.86. The first-order valence-corrected chi connectivity index (χ1v) is 6.03. The van der Waals surface area contributed by atoms with E-state index in [9.17, 15) is 0 Å². The molecule has 0 amide bonds. The molecule has 0 saturated carbocycles. The molecule has 2 aromatic rings. The summed E-state index contributed by atoms with van der Waals surface area (Å²) in [6, 6.07) is 19.2. The quantitative estimate of drug-likeness (QED) is 0.774. The Morgan fingerprint density at radius 3 is 2.61 bits per heavy atom. The lowest BCUT2D eigenvalue weighted by Gasteiger charge is -2.08. The third kappa shape index (κ3) is 3.26. The smallest absolute Gasteiger partial charge is 0.145 e. The highest BCUT2D eigenvalue weighted by molar-refractivity contribution is 6.22. The lowest BCUT2D eigenvalue weighted by molar-refractivity contribution is 0.306. The van der Waals surface area contributed by atoms with Crippen molar-refractivity contribution in [3.05, 3.63) is 65.7 Å². The molecule has 0 N–H and O–H groups in total. The molecule has 0 bridgehead atoms. The van der Waals surface area contributed by atoms with Crippen molar-refractivity contribution in [3.8, 4) is 11.8 Å². The van der Waals surface area contributed by atoms with Crippen LogP contribution in [0.5, 0.6) is 5.75 Å². The van der Waals surface area contributed by atoms with Gasteiger partial charge >= 0.3 is 0 Å². The second-order valence-electron chi connectivity index (χ2n) is 3.84. The molecule has 18 heavy (non-hydrogen) atoms. The van der Waals surface area contributed by atoms with E-state index in [4.69, 9.17) is 21.6 Å². The fraction of sp³-hybridized carbons (Fsp3) is 0.133. The minimum absolute atomic E-state index is 0.504. The average Bonchev–Trinajstić information content (AvgIpc) is 2.45. The predicted molar refractivity (Wildman–Crippen MR) is 71.4 cm³/mol. The summed E-state index contributed by atoms with van der Waals surface area (Å²) in [6.45, 7) is 0.504. The summed E-state index contributed by atoms with van der Waals surface area (Å²) < 4.78 is 5.66. The Labute approximate surface area is 111 Å². The number of halogens is 1. The predicted octanol–water partition coefficient (Wildman–Crippen LogP) is 4.07. The van der Waals surface area contributed by atoms with Gasteiger partial charge in [-0.25, -0.2) is 0 Å². The molecule has 0 aliphatic rings. The first-order valence-electron chi connectivity index (χ1n) is 5.60. The van der Waals surface area contributed by atoms with Gasteiger partial charge in [-0.3, -0.25) is 0 Å². The Hall–Kier alpha value is -1.98. The molecule has 0 aliphatic carbocycles. The van der Waals surface area contributed by atoms with Gasteiger partial charge in [-0.2, -0.15) is 5.26 Å². The molecule has 2 nitrogen and oxygen atoms in total. The Bertz CT molecular complexity index is 548. The van der Waals surface area contributed by atoms with Gasteiger partial charge in [-0.15, -0.1) is 11.6 Å². The molecule has 0 radical (unpaired) electrons. The number of nitrogens with zero attached hydrogens (tertiary/aromatic N) is 1. The summed E-state index contributed by atoms with van der Waals surface area (Å²) in [7, 11) is 0. The van der Waals surface area contributed by atoms with Crippen LogP contribution in [0.15, 0.2) is 54.6 Å². The first-order chi connectivity index (χ1) is 8.79. The standard InChI is InChI=1S/C15H12ClNO/c16-15(10-17)13-7-4-8-14(9-13)18-11-12-5-2-1-3-6-12/h1-9,15H,11H2. The van der Waals surface area contributed by atoms with Gasteiger partial charge in [0.25, 0.3) is 0 Å². The lowest BCUT2D eigenvalue weighted by Crippen LogP contribution is -1.96. The molecule has 1 atom stereocenters. The first kappa shape index (κ1) is 12.5. The van der Waals surface area contributed by atoms with Gasteiger partial charge in [-0.05, 0) is 23.3 Å². The lowest BCUT2D eigenvalue weighted by atomic mass is 10.1. The third-order valence-corrected chi connectivity index (χ3v) is 2.86. The van der Waals surface area contributed by atoms with Gasteiger partial charge in [0, 0.05) is 0 Å². The molecule has 0 spiro atoms. The normalized spacial score (nSPS) is 11.6.